The second kappa shape index (κ2) is 7.89. The molecule has 1 amide bonds. The van der Waals surface area contributed by atoms with Crippen molar-refractivity contribution in [1.82, 2.24) is 30.4 Å². The van der Waals surface area contributed by atoms with Gasteiger partial charge in [-0.25, -0.2) is 4.68 Å². The molecule has 4 N–H and O–H groups in total. The molecule has 2 atom stereocenters. The van der Waals surface area contributed by atoms with Crippen LogP contribution in [0.1, 0.15) is 42.4 Å². The van der Waals surface area contributed by atoms with E-state index in [4.69, 9.17) is 12.2 Å². The number of nitrogens with zero attached hydrogens (tertiary/aromatic N) is 4. The van der Waals surface area contributed by atoms with Crippen LogP contribution in [0.3, 0.4) is 0 Å². The van der Waals surface area contributed by atoms with Crippen molar-refractivity contribution in [2.45, 2.75) is 52.0 Å². The summed E-state index contributed by atoms with van der Waals surface area (Å²) < 4.78 is 42.4. The number of rotatable bonds is 3. The van der Waals surface area contributed by atoms with E-state index in [1.807, 2.05) is 13.8 Å². The fourth-order valence-corrected chi connectivity index (χ4v) is 3.29. The summed E-state index contributed by atoms with van der Waals surface area (Å²) >= 11 is 5.14. The van der Waals surface area contributed by atoms with Crippen molar-refractivity contribution in [3.05, 3.63) is 23.7 Å². The van der Waals surface area contributed by atoms with Crippen LogP contribution in [-0.2, 0) is 6.54 Å². The Kier molecular flexibility index (Phi) is 5.68. The molecular weight excluding hydrogens is 409 g/mol. The van der Waals surface area contributed by atoms with Crippen LogP contribution in [0.4, 0.5) is 24.7 Å². The maximum absolute atomic E-state index is 13.3. The predicted octanol–water partition coefficient (Wildman–Crippen LogP) is 2.35. The first-order valence-electron chi connectivity index (χ1n) is 8.92. The van der Waals surface area contributed by atoms with Gasteiger partial charge in [0.05, 0.1) is 23.8 Å². The number of alkyl halides is 3. The van der Waals surface area contributed by atoms with Gasteiger partial charge in [0.25, 0.3) is 5.91 Å². The molecule has 9 nitrogen and oxygen atoms in total. The lowest BCUT2D eigenvalue weighted by atomic mass is 10.1. The number of hydrazine groups is 1. The third-order valence-corrected chi connectivity index (χ3v) is 4.82. The van der Waals surface area contributed by atoms with E-state index in [9.17, 15) is 18.0 Å². The third-order valence-electron chi connectivity index (χ3n) is 4.61. The van der Waals surface area contributed by atoms with Gasteiger partial charge in [0.15, 0.2) is 11.2 Å². The molecule has 3 rings (SSSR count). The summed E-state index contributed by atoms with van der Waals surface area (Å²) in [5.41, 5.74) is 6.42. The van der Waals surface area contributed by atoms with E-state index in [2.05, 4.69) is 31.7 Å². The number of nitrogens with one attached hydrogen (secondary N) is 4. The standard InChI is InChI=1S/C16H21F3N8OS/c1-4-26-9(3)11(7-20-26)23-15(29)25-24-14(28)10-6-21-27-12(16(17,18)19)5-8(2)22-13(10)27/h6-8,12,22H,4-5H2,1-3H3,(H,24,28)(H2,23,25,29)/t8-,12+/m1/s1. The number of carbonyl (C=O) groups is 1. The number of carbonyl (C=O) groups excluding carboxylic acids is 1. The number of fused-ring (bicyclic) bond motifs is 1. The van der Waals surface area contributed by atoms with Gasteiger partial charge in [-0.1, -0.05) is 0 Å². The van der Waals surface area contributed by atoms with Gasteiger partial charge >= 0.3 is 6.18 Å². The van der Waals surface area contributed by atoms with Crippen LogP contribution in [0.2, 0.25) is 0 Å². The second-order valence-corrected chi connectivity index (χ2v) is 7.09. The molecule has 2 aromatic heterocycles. The average molecular weight is 430 g/mol. The second-order valence-electron chi connectivity index (χ2n) is 6.68. The molecule has 0 aliphatic carbocycles. The SMILES string of the molecule is CCn1ncc(NC(=S)NNC(=O)c2cnn3c2N[C@H](C)C[C@H]3C(F)(F)F)c1C. The minimum absolute atomic E-state index is 0.0175. The highest BCUT2D eigenvalue weighted by Crippen LogP contribution is 2.39. The molecule has 2 aromatic rings. The van der Waals surface area contributed by atoms with Crippen LogP contribution in [-0.4, -0.2) is 42.8 Å². The summed E-state index contributed by atoms with van der Waals surface area (Å²) in [5, 5.41) is 13.8. The van der Waals surface area contributed by atoms with Crippen molar-refractivity contribution in [1.29, 1.82) is 0 Å². The largest absolute Gasteiger partial charge is 0.410 e. The van der Waals surface area contributed by atoms with Crippen LogP contribution >= 0.6 is 12.2 Å². The molecule has 1 aliphatic heterocycles. The molecule has 0 fully saturated rings. The molecule has 29 heavy (non-hydrogen) atoms. The third kappa shape index (κ3) is 4.28. The molecular formula is C16H21F3N8OS. The number of halogens is 3. The summed E-state index contributed by atoms with van der Waals surface area (Å²) in [6.45, 7) is 6.13. The molecule has 13 heteroatoms. The van der Waals surface area contributed by atoms with E-state index in [0.29, 0.717) is 12.2 Å². The van der Waals surface area contributed by atoms with Crippen LogP contribution in [0, 0.1) is 6.92 Å². The molecule has 0 spiro atoms. The van der Waals surface area contributed by atoms with Crippen LogP contribution < -0.4 is 21.5 Å². The Labute approximate surface area is 170 Å². The summed E-state index contributed by atoms with van der Waals surface area (Å²) in [5.74, 6) is -0.650. The smallest absolute Gasteiger partial charge is 0.367 e. The normalized spacial score (nSPS) is 18.6. The first-order chi connectivity index (χ1) is 13.6. The predicted molar refractivity (Wildman–Crippen MR) is 104 cm³/mol. The molecule has 0 radical (unpaired) electrons. The fraction of sp³-hybridized carbons (Fsp3) is 0.500. The maximum Gasteiger partial charge on any atom is 0.410 e. The fourth-order valence-electron chi connectivity index (χ4n) is 3.13. The molecule has 0 saturated carbocycles. The van der Waals surface area contributed by atoms with Gasteiger partial charge in [-0.3, -0.25) is 20.3 Å². The average Bonchev–Trinajstić information content (AvgIpc) is 3.22. The van der Waals surface area contributed by atoms with E-state index in [1.54, 1.807) is 17.8 Å². The number of aromatic nitrogens is 4. The Morgan fingerprint density at radius 2 is 2.07 bits per heavy atom. The highest BCUT2D eigenvalue weighted by molar-refractivity contribution is 7.80. The minimum atomic E-state index is -4.46. The van der Waals surface area contributed by atoms with Gasteiger partial charge in [-0.2, -0.15) is 23.4 Å². The molecule has 0 aromatic carbocycles. The number of aryl methyl sites for hydroxylation is 1. The number of anilines is 2. The van der Waals surface area contributed by atoms with Crippen molar-refractivity contribution >= 4 is 34.7 Å². The lowest BCUT2D eigenvalue weighted by molar-refractivity contribution is -0.173. The molecule has 1 aliphatic rings. The zero-order chi connectivity index (χ0) is 21.3. The molecule has 3 heterocycles. The van der Waals surface area contributed by atoms with Crippen molar-refractivity contribution in [3.8, 4) is 0 Å². The lowest BCUT2D eigenvalue weighted by Gasteiger charge is -2.31. The van der Waals surface area contributed by atoms with E-state index in [0.717, 1.165) is 16.6 Å². The molecule has 0 saturated heterocycles. The quantitative estimate of drug-likeness (QED) is 0.438. The molecule has 0 unspecified atom stereocenters. The Hall–Kier alpha value is -2.83. The Morgan fingerprint density at radius 3 is 2.69 bits per heavy atom. The number of hydrogen-bond acceptors (Lipinski definition) is 5. The van der Waals surface area contributed by atoms with Gasteiger partial charge in [-0.05, 0) is 39.4 Å². The highest BCUT2D eigenvalue weighted by atomic mass is 32.1. The van der Waals surface area contributed by atoms with E-state index in [1.165, 1.54) is 0 Å². The summed E-state index contributed by atoms with van der Waals surface area (Å²) in [6, 6.07) is -2.25. The minimum Gasteiger partial charge on any atom is -0.367 e. The van der Waals surface area contributed by atoms with Crippen molar-refractivity contribution in [3.63, 3.8) is 0 Å². The first-order valence-corrected chi connectivity index (χ1v) is 9.33. The van der Waals surface area contributed by atoms with Gasteiger partial charge in [0, 0.05) is 12.6 Å². The summed E-state index contributed by atoms with van der Waals surface area (Å²) in [7, 11) is 0. The van der Waals surface area contributed by atoms with Gasteiger partial charge in [0.2, 0.25) is 0 Å². The van der Waals surface area contributed by atoms with Crippen molar-refractivity contribution < 1.29 is 18.0 Å². The van der Waals surface area contributed by atoms with E-state index in [-0.39, 0.29) is 22.9 Å². The zero-order valence-electron chi connectivity index (χ0n) is 16.0. The summed E-state index contributed by atoms with van der Waals surface area (Å²) in [6.07, 6.45) is -1.93. The van der Waals surface area contributed by atoms with Crippen molar-refractivity contribution in [2.75, 3.05) is 10.6 Å². The Morgan fingerprint density at radius 1 is 1.34 bits per heavy atom. The van der Waals surface area contributed by atoms with E-state index >= 15 is 0 Å². The van der Waals surface area contributed by atoms with Gasteiger partial charge in [-0.15, -0.1) is 0 Å². The van der Waals surface area contributed by atoms with E-state index < -0.39 is 24.2 Å². The van der Waals surface area contributed by atoms with Crippen molar-refractivity contribution in [2.24, 2.45) is 0 Å². The number of hydrogen-bond donors (Lipinski definition) is 4. The molecule has 0 bridgehead atoms. The topological polar surface area (TPSA) is 101 Å². The number of amides is 1. The van der Waals surface area contributed by atoms with Gasteiger partial charge < -0.3 is 10.6 Å². The monoisotopic (exact) mass is 430 g/mol. The zero-order valence-corrected chi connectivity index (χ0v) is 16.8. The Balaban J connectivity index is 1.67. The summed E-state index contributed by atoms with van der Waals surface area (Å²) in [4.78, 5) is 12.5. The lowest BCUT2D eigenvalue weighted by Crippen LogP contribution is -2.44. The van der Waals surface area contributed by atoms with Crippen LogP contribution in [0.25, 0.3) is 0 Å². The first kappa shape index (κ1) is 20.9. The maximum atomic E-state index is 13.3. The Bertz CT molecular complexity index is 922. The number of thiocarbonyl (C=S) groups is 1. The van der Waals surface area contributed by atoms with Crippen LogP contribution in [0.5, 0.6) is 0 Å². The van der Waals surface area contributed by atoms with Crippen LogP contribution in [0.15, 0.2) is 12.4 Å². The highest BCUT2D eigenvalue weighted by Gasteiger charge is 2.46. The van der Waals surface area contributed by atoms with Gasteiger partial charge in [0.1, 0.15) is 11.4 Å². The molecule has 158 valence electrons.